The molecule has 0 N–H and O–H groups in total. The maximum atomic E-state index is 5.99. The van der Waals surface area contributed by atoms with Crippen LogP contribution in [-0.4, -0.2) is 0 Å². The Kier molecular flexibility index (Phi) is 5.09. The standard InChI is InChI=1S/C9H5BrCl4/c10-4-5-1-2-6(7(11)3-5)8(12)9(13)14/h1-3H,4H2. The zero-order valence-electron chi connectivity index (χ0n) is 6.83. The largest absolute Gasteiger partial charge is 0.126 e. The van der Waals surface area contributed by atoms with Crippen LogP contribution in [0.4, 0.5) is 0 Å². The van der Waals surface area contributed by atoms with Crippen molar-refractivity contribution >= 4 is 67.4 Å². The number of hydrogen-bond donors (Lipinski definition) is 0. The molecular formula is C9H5BrCl4. The molecule has 1 aromatic rings. The third-order valence-corrected chi connectivity index (χ3v) is 3.51. The van der Waals surface area contributed by atoms with E-state index in [-0.39, 0.29) is 9.52 Å². The summed E-state index contributed by atoms with van der Waals surface area (Å²) in [5.74, 6) is 0. The molecule has 0 spiro atoms. The summed E-state index contributed by atoms with van der Waals surface area (Å²) < 4.78 is 0.0140. The van der Waals surface area contributed by atoms with Gasteiger partial charge in [-0.25, -0.2) is 0 Å². The number of benzene rings is 1. The fourth-order valence-corrected chi connectivity index (χ4v) is 1.98. The molecule has 0 saturated heterocycles. The van der Waals surface area contributed by atoms with E-state index in [1.165, 1.54) is 0 Å². The summed E-state index contributed by atoms with van der Waals surface area (Å²) in [6.07, 6.45) is 0. The molecule has 5 heteroatoms. The molecule has 0 heterocycles. The van der Waals surface area contributed by atoms with Gasteiger partial charge in [-0.2, -0.15) is 0 Å². The minimum absolute atomic E-state index is 0.0140. The van der Waals surface area contributed by atoms with Crippen LogP contribution in [0, 0.1) is 0 Å². The predicted octanol–water partition coefficient (Wildman–Crippen LogP) is 5.58. The molecule has 0 bridgehead atoms. The third-order valence-electron chi connectivity index (χ3n) is 1.59. The Balaban J connectivity index is 3.19. The molecule has 0 nitrogen and oxygen atoms in total. The van der Waals surface area contributed by atoms with Crippen LogP contribution < -0.4 is 0 Å². The first-order chi connectivity index (χ1) is 6.56. The Morgan fingerprint density at radius 1 is 1.21 bits per heavy atom. The molecule has 0 radical (unpaired) electrons. The highest BCUT2D eigenvalue weighted by molar-refractivity contribution is 9.08. The molecule has 0 amide bonds. The Hall–Kier alpha value is 0.600. The molecule has 0 aliphatic carbocycles. The second kappa shape index (κ2) is 5.62. The van der Waals surface area contributed by atoms with E-state index in [1.54, 1.807) is 6.07 Å². The highest BCUT2D eigenvalue weighted by Crippen LogP contribution is 2.33. The van der Waals surface area contributed by atoms with Crippen LogP contribution >= 0.6 is 62.3 Å². The average Bonchev–Trinajstić information content (AvgIpc) is 2.16. The third kappa shape index (κ3) is 3.04. The summed E-state index contributed by atoms with van der Waals surface area (Å²) in [6.45, 7) is 0. The lowest BCUT2D eigenvalue weighted by atomic mass is 10.1. The van der Waals surface area contributed by atoms with Crippen molar-refractivity contribution in [1.29, 1.82) is 0 Å². The maximum absolute atomic E-state index is 5.99. The van der Waals surface area contributed by atoms with Crippen molar-refractivity contribution in [2.75, 3.05) is 0 Å². The van der Waals surface area contributed by atoms with Gasteiger partial charge in [-0.3, -0.25) is 0 Å². The Labute approximate surface area is 111 Å². The van der Waals surface area contributed by atoms with Crippen molar-refractivity contribution in [2.45, 2.75) is 5.33 Å². The summed E-state index contributed by atoms with van der Waals surface area (Å²) in [5.41, 5.74) is 1.70. The molecule has 0 fully saturated rings. The SMILES string of the molecule is ClC(Cl)=C(Cl)c1ccc(CBr)cc1Cl. The summed E-state index contributed by atoms with van der Waals surface area (Å²) in [7, 11) is 0. The molecule has 14 heavy (non-hydrogen) atoms. The fraction of sp³-hybridized carbons (Fsp3) is 0.111. The molecule has 0 atom stereocenters. The van der Waals surface area contributed by atoms with Gasteiger partial charge in [0.25, 0.3) is 0 Å². The normalized spacial score (nSPS) is 10.1. The Morgan fingerprint density at radius 2 is 1.86 bits per heavy atom. The minimum atomic E-state index is 0.0140. The topological polar surface area (TPSA) is 0 Å². The van der Waals surface area contributed by atoms with E-state index < -0.39 is 0 Å². The smallest absolute Gasteiger partial charge is 0.0876 e. The monoisotopic (exact) mass is 332 g/mol. The zero-order valence-corrected chi connectivity index (χ0v) is 11.4. The van der Waals surface area contributed by atoms with E-state index >= 15 is 0 Å². The van der Waals surface area contributed by atoms with Crippen molar-refractivity contribution in [3.8, 4) is 0 Å². The van der Waals surface area contributed by atoms with Crippen LogP contribution in [0.25, 0.3) is 5.03 Å². The van der Waals surface area contributed by atoms with Gasteiger partial charge in [-0.15, -0.1) is 0 Å². The van der Waals surface area contributed by atoms with Gasteiger partial charge in [0, 0.05) is 15.9 Å². The Bertz CT molecular complexity index is 369. The van der Waals surface area contributed by atoms with Crippen molar-refractivity contribution in [3.63, 3.8) is 0 Å². The van der Waals surface area contributed by atoms with Gasteiger partial charge in [-0.1, -0.05) is 74.5 Å². The summed E-state index contributed by atoms with van der Waals surface area (Å²) in [5, 5.41) is 1.54. The molecule has 1 aromatic carbocycles. The van der Waals surface area contributed by atoms with Crippen LogP contribution in [0.2, 0.25) is 5.02 Å². The van der Waals surface area contributed by atoms with Crippen molar-refractivity contribution in [3.05, 3.63) is 38.8 Å². The lowest BCUT2D eigenvalue weighted by molar-refractivity contribution is 1.43. The summed E-state index contributed by atoms with van der Waals surface area (Å²) >= 11 is 26.3. The predicted molar refractivity (Wildman–Crippen MR) is 68.6 cm³/mol. The first-order valence-electron chi connectivity index (χ1n) is 3.61. The fourth-order valence-electron chi connectivity index (χ4n) is 0.922. The van der Waals surface area contributed by atoms with Crippen molar-refractivity contribution in [2.24, 2.45) is 0 Å². The van der Waals surface area contributed by atoms with Crippen LogP contribution in [-0.2, 0) is 5.33 Å². The highest BCUT2D eigenvalue weighted by Gasteiger charge is 2.08. The lowest BCUT2D eigenvalue weighted by Crippen LogP contribution is -1.84. The summed E-state index contributed by atoms with van der Waals surface area (Å²) in [6, 6.07) is 5.49. The van der Waals surface area contributed by atoms with Crippen LogP contribution in [0.5, 0.6) is 0 Å². The van der Waals surface area contributed by atoms with Gasteiger partial charge in [0.15, 0.2) is 0 Å². The molecule has 0 aliphatic heterocycles. The molecular weight excluding hydrogens is 330 g/mol. The van der Waals surface area contributed by atoms with E-state index in [1.807, 2.05) is 12.1 Å². The van der Waals surface area contributed by atoms with Gasteiger partial charge < -0.3 is 0 Å². The lowest BCUT2D eigenvalue weighted by Gasteiger charge is -2.04. The molecule has 0 saturated carbocycles. The van der Waals surface area contributed by atoms with E-state index in [0.717, 1.165) is 10.9 Å². The van der Waals surface area contributed by atoms with E-state index in [2.05, 4.69) is 15.9 Å². The van der Waals surface area contributed by atoms with Crippen LogP contribution in [0.3, 0.4) is 0 Å². The second-order valence-electron chi connectivity index (χ2n) is 2.52. The van der Waals surface area contributed by atoms with E-state index in [4.69, 9.17) is 46.4 Å². The number of halogens is 5. The molecule has 1 rings (SSSR count). The van der Waals surface area contributed by atoms with Crippen LogP contribution in [0.1, 0.15) is 11.1 Å². The molecule has 76 valence electrons. The number of hydrogen-bond acceptors (Lipinski definition) is 0. The second-order valence-corrected chi connectivity index (χ2v) is 4.82. The van der Waals surface area contributed by atoms with Gasteiger partial charge in [0.1, 0.15) is 4.49 Å². The quantitative estimate of drug-likeness (QED) is 0.619. The minimum Gasteiger partial charge on any atom is -0.0876 e. The van der Waals surface area contributed by atoms with Crippen LogP contribution in [0.15, 0.2) is 22.7 Å². The van der Waals surface area contributed by atoms with Crippen molar-refractivity contribution in [1.82, 2.24) is 0 Å². The highest BCUT2D eigenvalue weighted by atomic mass is 79.9. The average molecular weight is 335 g/mol. The molecule has 0 aliphatic rings. The number of rotatable bonds is 2. The first kappa shape index (κ1) is 12.7. The van der Waals surface area contributed by atoms with Gasteiger partial charge in [0.2, 0.25) is 0 Å². The maximum Gasteiger partial charge on any atom is 0.126 e. The van der Waals surface area contributed by atoms with Gasteiger partial charge in [0.05, 0.1) is 5.03 Å². The molecule has 0 aromatic heterocycles. The van der Waals surface area contributed by atoms with E-state index in [9.17, 15) is 0 Å². The first-order valence-corrected chi connectivity index (χ1v) is 6.25. The number of alkyl halides is 1. The Morgan fingerprint density at radius 3 is 2.29 bits per heavy atom. The van der Waals surface area contributed by atoms with Gasteiger partial charge >= 0.3 is 0 Å². The van der Waals surface area contributed by atoms with E-state index in [0.29, 0.717) is 10.6 Å². The van der Waals surface area contributed by atoms with Crippen molar-refractivity contribution < 1.29 is 0 Å². The van der Waals surface area contributed by atoms with Gasteiger partial charge in [-0.05, 0) is 11.6 Å². The zero-order chi connectivity index (χ0) is 10.7. The summed E-state index contributed by atoms with van der Waals surface area (Å²) in [4.78, 5) is 0. The molecule has 0 unspecified atom stereocenters.